The number of fused-ring (bicyclic) bond motifs is 2. The number of piperidine rings is 1. The molecule has 1 aliphatic heterocycles. The third kappa shape index (κ3) is 3.00. The fourth-order valence-electron chi connectivity index (χ4n) is 4.39. The van der Waals surface area contributed by atoms with Crippen LogP contribution in [0, 0.1) is 11.8 Å². The molecule has 1 aromatic heterocycles. The van der Waals surface area contributed by atoms with E-state index in [1.54, 1.807) is 17.4 Å². The highest BCUT2D eigenvalue weighted by molar-refractivity contribution is 7.19. The highest BCUT2D eigenvalue weighted by atomic mass is 32.1. The number of nitrogens with zero attached hydrogens (tertiary/aromatic N) is 2. The fraction of sp³-hybridized carbons (Fsp3) is 0.500. The van der Waals surface area contributed by atoms with Gasteiger partial charge in [0.2, 0.25) is 5.91 Å². The van der Waals surface area contributed by atoms with Crippen LogP contribution in [0.15, 0.2) is 30.3 Å². The van der Waals surface area contributed by atoms with Crippen molar-refractivity contribution in [3.8, 4) is 0 Å². The highest BCUT2D eigenvalue weighted by Crippen LogP contribution is 2.38. The van der Waals surface area contributed by atoms with E-state index in [0.717, 1.165) is 29.4 Å². The molecule has 3 nitrogen and oxygen atoms in total. The first-order chi connectivity index (χ1) is 11.7. The van der Waals surface area contributed by atoms with Crippen molar-refractivity contribution >= 4 is 33.5 Å². The van der Waals surface area contributed by atoms with Gasteiger partial charge in [-0.1, -0.05) is 31.9 Å². The lowest BCUT2D eigenvalue weighted by atomic mass is 9.72. The van der Waals surface area contributed by atoms with Crippen LogP contribution in [-0.2, 0) is 4.79 Å². The van der Waals surface area contributed by atoms with Crippen LogP contribution in [0.2, 0.25) is 0 Å². The van der Waals surface area contributed by atoms with E-state index in [2.05, 4.69) is 22.9 Å². The molecule has 2 aliphatic rings. The van der Waals surface area contributed by atoms with Crippen LogP contribution in [-0.4, -0.2) is 28.4 Å². The topological polar surface area (TPSA) is 33.2 Å². The van der Waals surface area contributed by atoms with Crippen LogP contribution in [0.3, 0.4) is 0 Å². The molecule has 1 aliphatic carbocycles. The van der Waals surface area contributed by atoms with E-state index in [1.807, 2.05) is 24.3 Å². The summed E-state index contributed by atoms with van der Waals surface area (Å²) in [7, 11) is 0. The second-order valence-corrected chi connectivity index (χ2v) is 8.23. The van der Waals surface area contributed by atoms with Crippen molar-refractivity contribution in [1.29, 1.82) is 0 Å². The molecule has 1 aromatic carbocycles. The molecule has 4 heteroatoms. The van der Waals surface area contributed by atoms with Crippen molar-refractivity contribution in [1.82, 2.24) is 9.88 Å². The van der Waals surface area contributed by atoms with E-state index in [0.29, 0.717) is 12.0 Å². The minimum absolute atomic E-state index is 0.165. The summed E-state index contributed by atoms with van der Waals surface area (Å²) in [5.41, 5.74) is 1.01. The molecule has 126 valence electrons. The SMILES string of the molecule is CC1CCN(C(=O)/C=C/c2nc3ccccc3s2)C2CCCCC12. The van der Waals surface area contributed by atoms with Crippen LogP contribution < -0.4 is 0 Å². The number of amides is 1. The molecule has 1 saturated carbocycles. The zero-order chi connectivity index (χ0) is 16.5. The maximum atomic E-state index is 12.8. The standard InChI is InChI=1S/C20H24N2OS/c1-14-12-13-22(17-8-4-2-6-15(14)17)20(23)11-10-19-21-16-7-3-5-9-18(16)24-19/h3,5,7,9-11,14-15,17H,2,4,6,8,12-13H2,1H3/b11-10+. The number of rotatable bonds is 2. The third-order valence-electron chi connectivity index (χ3n) is 5.70. The summed E-state index contributed by atoms with van der Waals surface area (Å²) in [6.45, 7) is 3.27. The molecule has 2 aromatic rings. The monoisotopic (exact) mass is 340 g/mol. The Bertz CT molecular complexity index is 733. The summed E-state index contributed by atoms with van der Waals surface area (Å²) in [4.78, 5) is 19.5. The number of likely N-dealkylation sites (tertiary alicyclic amines) is 1. The molecule has 1 saturated heterocycles. The number of hydrogen-bond acceptors (Lipinski definition) is 3. The van der Waals surface area contributed by atoms with Gasteiger partial charge in [0.15, 0.2) is 0 Å². The smallest absolute Gasteiger partial charge is 0.246 e. The molecule has 2 fully saturated rings. The minimum Gasteiger partial charge on any atom is -0.336 e. The lowest BCUT2D eigenvalue weighted by Crippen LogP contribution is -2.51. The van der Waals surface area contributed by atoms with E-state index in [9.17, 15) is 4.79 Å². The van der Waals surface area contributed by atoms with Gasteiger partial charge in [0.25, 0.3) is 0 Å². The Morgan fingerprint density at radius 2 is 2.08 bits per heavy atom. The zero-order valence-corrected chi connectivity index (χ0v) is 15.0. The average Bonchev–Trinajstić information content (AvgIpc) is 3.03. The predicted molar refractivity (Wildman–Crippen MR) is 99.9 cm³/mol. The normalized spacial score (nSPS) is 27.5. The zero-order valence-electron chi connectivity index (χ0n) is 14.1. The van der Waals surface area contributed by atoms with Crippen molar-refractivity contribution in [2.75, 3.05) is 6.54 Å². The van der Waals surface area contributed by atoms with Crippen LogP contribution >= 0.6 is 11.3 Å². The second-order valence-electron chi connectivity index (χ2n) is 7.17. The van der Waals surface area contributed by atoms with Crippen molar-refractivity contribution in [3.05, 3.63) is 35.3 Å². The Labute approximate surface area is 147 Å². The quantitative estimate of drug-likeness (QED) is 0.740. The summed E-state index contributed by atoms with van der Waals surface area (Å²) >= 11 is 1.64. The van der Waals surface area contributed by atoms with Gasteiger partial charge >= 0.3 is 0 Å². The first kappa shape index (κ1) is 15.8. The molecule has 3 unspecified atom stereocenters. The molecule has 3 atom stereocenters. The first-order valence-corrected chi connectivity index (χ1v) is 9.88. The number of carbonyl (C=O) groups is 1. The van der Waals surface area contributed by atoms with Crippen LogP contribution in [0.25, 0.3) is 16.3 Å². The van der Waals surface area contributed by atoms with Gasteiger partial charge in [-0.3, -0.25) is 4.79 Å². The molecule has 4 rings (SSSR count). The molecule has 24 heavy (non-hydrogen) atoms. The molecular formula is C20H24N2OS. The van der Waals surface area contributed by atoms with Crippen LogP contribution in [0.5, 0.6) is 0 Å². The highest BCUT2D eigenvalue weighted by Gasteiger charge is 2.38. The summed E-state index contributed by atoms with van der Waals surface area (Å²) in [6.07, 6.45) is 9.82. The third-order valence-corrected chi connectivity index (χ3v) is 6.70. The van der Waals surface area contributed by atoms with Crippen molar-refractivity contribution in [2.45, 2.75) is 45.1 Å². The van der Waals surface area contributed by atoms with Gasteiger partial charge in [-0.05, 0) is 49.3 Å². The van der Waals surface area contributed by atoms with E-state index < -0.39 is 0 Å². The molecule has 0 radical (unpaired) electrons. The molecule has 1 amide bonds. The average molecular weight is 340 g/mol. The van der Waals surface area contributed by atoms with Crippen LogP contribution in [0.4, 0.5) is 0 Å². The van der Waals surface area contributed by atoms with Gasteiger partial charge < -0.3 is 4.90 Å². The van der Waals surface area contributed by atoms with E-state index in [4.69, 9.17) is 0 Å². The van der Waals surface area contributed by atoms with E-state index in [1.165, 1.54) is 30.4 Å². The summed E-state index contributed by atoms with van der Waals surface area (Å²) in [5.74, 6) is 1.62. The van der Waals surface area contributed by atoms with E-state index in [-0.39, 0.29) is 5.91 Å². The van der Waals surface area contributed by atoms with E-state index >= 15 is 0 Å². The summed E-state index contributed by atoms with van der Waals surface area (Å²) < 4.78 is 1.17. The summed E-state index contributed by atoms with van der Waals surface area (Å²) in [5, 5.41) is 0.912. The lowest BCUT2D eigenvalue weighted by molar-refractivity contribution is -0.133. The predicted octanol–water partition coefficient (Wildman–Crippen LogP) is 4.74. The molecule has 0 N–H and O–H groups in total. The van der Waals surface area contributed by atoms with Crippen molar-refractivity contribution < 1.29 is 4.79 Å². The molecular weight excluding hydrogens is 316 g/mol. The van der Waals surface area contributed by atoms with Gasteiger partial charge in [-0.15, -0.1) is 11.3 Å². The minimum atomic E-state index is 0.165. The van der Waals surface area contributed by atoms with Gasteiger partial charge in [0.05, 0.1) is 10.2 Å². The van der Waals surface area contributed by atoms with Crippen molar-refractivity contribution in [2.24, 2.45) is 11.8 Å². The second kappa shape index (κ2) is 6.67. The largest absolute Gasteiger partial charge is 0.336 e. The Hall–Kier alpha value is -1.68. The fourth-order valence-corrected chi connectivity index (χ4v) is 5.26. The number of carbonyl (C=O) groups excluding carboxylic acids is 1. The maximum Gasteiger partial charge on any atom is 0.246 e. The molecule has 0 spiro atoms. The van der Waals surface area contributed by atoms with Gasteiger partial charge in [-0.2, -0.15) is 0 Å². The van der Waals surface area contributed by atoms with Crippen LogP contribution in [0.1, 0.15) is 44.0 Å². The van der Waals surface area contributed by atoms with Crippen molar-refractivity contribution in [3.63, 3.8) is 0 Å². The maximum absolute atomic E-state index is 12.8. The number of benzene rings is 1. The van der Waals surface area contributed by atoms with Gasteiger partial charge in [-0.25, -0.2) is 4.98 Å². The number of thiazole rings is 1. The van der Waals surface area contributed by atoms with Gasteiger partial charge in [0.1, 0.15) is 5.01 Å². The Morgan fingerprint density at radius 3 is 2.96 bits per heavy atom. The Kier molecular flexibility index (Phi) is 4.40. The lowest BCUT2D eigenvalue weighted by Gasteiger charge is -2.47. The molecule has 2 heterocycles. The number of aromatic nitrogens is 1. The molecule has 0 bridgehead atoms. The Morgan fingerprint density at radius 1 is 1.25 bits per heavy atom. The first-order valence-electron chi connectivity index (χ1n) is 9.06. The summed E-state index contributed by atoms with van der Waals surface area (Å²) in [6, 6.07) is 8.57. The van der Waals surface area contributed by atoms with Gasteiger partial charge in [0, 0.05) is 18.7 Å². The Balaban J connectivity index is 1.50. The number of para-hydroxylation sites is 1. The number of hydrogen-bond donors (Lipinski definition) is 0.